The van der Waals surface area contributed by atoms with E-state index >= 15 is 0 Å². The molecule has 86 valence electrons. The minimum Gasteiger partial charge on any atom is -0.319 e. The normalized spacial score (nSPS) is 13.0. The molecule has 1 heterocycles. The Balaban J connectivity index is 2.19. The van der Waals surface area contributed by atoms with Gasteiger partial charge < -0.3 is 10.6 Å². The van der Waals surface area contributed by atoms with E-state index in [1.807, 2.05) is 24.6 Å². The van der Waals surface area contributed by atoms with Crippen LogP contribution in [0.1, 0.15) is 23.7 Å². The standard InChI is InChI=1S/C11H21N3S/c1-4-10-7-14-11(15-10)8-13-6-9(2)5-12-3/h7,9,12-13H,4-6,8H2,1-3H3. The van der Waals surface area contributed by atoms with E-state index < -0.39 is 0 Å². The third-order valence-electron chi connectivity index (χ3n) is 2.27. The molecule has 0 aromatic carbocycles. The van der Waals surface area contributed by atoms with Crippen molar-refractivity contribution < 1.29 is 0 Å². The maximum atomic E-state index is 4.37. The first-order valence-corrected chi connectivity index (χ1v) is 6.36. The molecule has 1 aromatic rings. The molecule has 1 atom stereocenters. The van der Waals surface area contributed by atoms with Gasteiger partial charge in [0.25, 0.3) is 0 Å². The lowest BCUT2D eigenvalue weighted by Gasteiger charge is -2.10. The molecule has 1 unspecified atom stereocenters. The van der Waals surface area contributed by atoms with E-state index in [-0.39, 0.29) is 0 Å². The molecule has 0 aliphatic heterocycles. The van der Waals surface area contributed by atoms with Crippen molar-refractivity contribution in [3.8, 4) is 0 Å². The second-order valence-electron chi connectivity index (χ2n) is 3.87. The lowest BCUT2D eigenvalue weighted by Crippen LogP contribution is -2.27. The SMILES string of the molecule is CCc1cnc(CNCC(C)CNC)s1. The Labute approximate surface area is 96.3 Å². The number of rotatable bonds is 7. The monoisotopic (exact) mass is 227 g/mol. The fourth-order valence-corrected chi connectivity index (χ4v) is 2.27. The molecule has 0 saturated carbocycles. The average Bonchev–Trinajstić information content (AvgIpc) is 2.66. The Morgan fingerprint density at radius 1 is 1.47 bits per heavy atom. The van der Waals surface area contributed by atoms with Crippen molar-refractivity contribution in [2.75, 3.05) is 20.1 Å². The van der Waals surface area contributed by atoms with Crippen LogP contribution < -0.4 is 10.6 Å². The maximum Gasteiger partial charge on any atom is 0.107 e. The van der Waals surface area contributed by atoms with Crippen LogP contribution in [-0.4, -0.2) is 25.1 Å². The first-order chi connectivity index (χ1) is 7.26. The van der Waals surface area contributed by atoms with Crippen molar-refractivity contribution in [1.82, 2.24) is 15.6 Å². The Hall–Kier alpha value is -0.450. The molecule has 3 nitrogen and oxygen atoms in total. The molecule has 4 heteroatoms. The van der Waals surface area contributed by atoms with Crippen LogP contribution in [0.2, 0.25) is 0 Å². The Bertz CT molecular complexity index is 273. The van der Waals surface area contributed by atoms with Crippen LogP contribution in [-0.2, 0) is 13.0 Å². The van der Waals surface area contributed by atoms with Gasteiger partial charge in [-0.15, -0.1) is 11.3 Å². The topological polar surface area (TPSA) is 37.0 Å². The maximum absolute atomic E-state index is 4.37. The number of hydrogen-bond donors (Lipinski definition) is 2. The summed E-state index contributed by atoms with van der Waals surface area (Å²) in [6.07, 6.45) is 3.08. The number of aryl methyl sites for hydroxylation is 1. The Morgan fingerprint density at radius 2 is 2.27 bits per heavy atom. The van der Waals surface area contributed by atoms with Crippen molar-refractivity contribution >= 4 is 11.3 Å². The second kappa shape index (κ2) is 6.93. The van der Waals surface area contributed by atoms with Crippen molar-refractivity contribution in [1.29, 1.82) is 0 Å². The van der Waals surface area contributed by atoms with Gasteiger partial charge >= 0.3 is 0 Å². The summed E-state index contributed by atoms with van der Waals surface area (Å²) in [5, 5.41) is 7.81. The molecule has 0 fully saturated rings. The summed E-state index contributed by atoms with van der Waals surface area (Å²) in [6.45, 7) is 7.41. The summed E-state index contributed by atoms with van der Waals surface area (Å²) in [6, 6.07) is 0. The molecule has 0 aliphatic rings. The van der Waals surface area contributed by atoms with E-state index in [1.54, 1.807) is 0 Å². The highest BCUT2D eigenvalue weighted by molar-refractivity contribution is 7.11. The Morgan fingerprint density at radius 3 is 2.87 bits per heavy atom. The van der Waals surface area contributed by atoms with Gasteiger partial charge in [-0.25, -0.2) is 4.98 Å². The molecular formula is C11H21N3S. The highest BCUT2D eigenvalue weighted by Crippen LogP contribution is 2.12. The van der Waals surface area contributed by atoms with E-state index in [1.165, 1.54) is 9.88 Å². The second-order valence-corrected chi connectivity index (χ2v) is 5.07. The zero-order chi connectivity index (χ0) is 11.1. The number of nitrogens with zero attached hydrogens (tertiary/aromatic N) is 1. The van der Waals surface area contributed by atoms with Crippen LogP contribution in [0, 0.1) is 5.92 Å². The van der Waals surface area contributed by atoms with Crippen LogP contribution in [0.15, 0.2) is 6.20 Å². The number of aromatic nitrogens is 1. The molecule has 0 spiro atoms. The first-order valence-electron chi connectivity index (χ1n) is 5.55. The largest absolute Gasteiger partial charge is 0.319 e. The zero-order valence-electron chi connectivity index (χ0n) is 9.84. The van der Waals surface area contributed by atoms with Crippen molar-refractivity contribution in [2.45, 2.75) is 26.8 Å². The van der Waals surface area contributed by atoms with Crippen LogP contribution in [0.3, 0.4) is 0 Å². The lowest BCUT2D eigenvalue weighted by atomic mass is 10.2. The molecule has 0 amide bonds. The van der Waals surface area contributed by atoms with Gasteiger partial charge in [0.1, 0.15) is 5.01 Å². The highest BCUT2D eigenvalue weighted by Gasteiger charge is 2.02. The minimum absolute atomic E-state index is 0.667. The fraction of sp³-hybridized carbons (Fsp3) is 0.727. The van der Waals surface area contributed by atoms with E-state index in [0.29, 0.717) is 5.92 Å². The molecule has 15 heavy (non-hydrogen) atoms. The van der Waals surface area contributed by atoms with E-state index in [2.05, 4.69) is 29.5 Å². The summed E-state index contributed by atoms with van der Waals surface area (Å²) in [5.74, 6) is 0.667. The van der Waals surface area contributed by atoms with E-state index in [9.17, 15) is 0 Å². The van der Waals surface area contributed by atoms with Gasteiger partial charge in [-0.1, -0.05) is 13.8 Å². The van der Waals surface area contributed by atoms with Crippen LogP contribution >= 0.6 is 11.3 Å². The van der Waals surface area contributed by atoms with Crippen molar-refractivity contribution in [2.24, 2.45) is 5.92 Å². The molecule has 0 aliphatic carbocycles. The zero-order valence-corrected chi connectivity index (χ0v) is 10.7. The third kappa shape index (κ3) is 4.73. The fourth-order valence-electron chi connectivity index (χ4n) is 1.44. The molecule has 0 bridgehead atoms. The first kappa shape index (κ1) is 12.6. The van der Waals surface area contributed by atoms with E-state index in [4.69, 9.17) is 0 Å². The smallest absolute Gasteiger partial charge is 0.107 e. The van der Waals surface area contributed by atoms with Crippen molar-refractivity contribution in [3.05, 3.63) is 16.1 Å². The number of hydrogen-bond acceptors (Lipinski definition) is 4. The summed E-state index contributed by atoms with van der Waals surface area (Å²) >= 11 is 1.81. The van der Waals surface area contributed by atoms with Crippen LogP contribution in [0.25, 0.3) is 0 Å². The summed E-state index contributed by atoms with van der Waals surface area (Å²) < 4.78 is 0. The van der Waals surface area contributed by atoms with Gasteiger partial charge in [0.05, 0.1) is 0 Å². The summed E-state index contributed by atoms with van der Waals surface area (Å²) in [4.78, 5) is 5.74. The Kier molecular flexibility index (Phi) is 5.83. The lowest BCUT2D eigenvalue weighted by molar-refractivity contribution is 0.491. The van der Waals surface area contributed by atoms with Crippen LogP contribution in [0.5, 0.6) is 0 Å². The van der Waals surface area contributed by atoms with Gasteiger partial charge in [-0.3, -0.25) is 0 Å². The molecule has 0 radical (unpaired) electrons. The molecule has 0 saturated heterocycles. The molecule has 1 rings (SSSR count). The van der Waals surface area contributed by atoms with Crippen molar-refractivity contribution in [3.63, 3.8) is 0 Å². The minimum atomic E-state index is 0.667. The van der Waals surface area contributed by atoms with E-state index in [0.717, 1.165) is 26.1 Å². The molecular weight excluding hydrogens is 206 g/mol. The van der Waals surface area contributed by atoms with Gasteiger partial charge in [-0.05, 0) is 32.5 Å². The summed E-state index contributed by atoms with van der Waals surface area (Å²) in [7, 11) is 1.99. The molecule has 2 N–H and O–H groups in total. The predicted octanol–water partition coefficient (Wildman–Crippen LogP) is 1.65. The average molecular weight is 227 g/mol. The van der Waals surface area contributed by atoms with Gasteiger partial charge in [0.15, 0.2) is 0 Å². The third-order valence-corrected chi connectivity index (χ3v) is 3.41. The quantitative estimate of drug-likeness (QED) is 0.744. The summed E-state index contributed by atoms with van der Waals surface area (Å²) in [5.41, 5.74) is 0. The van der Waals surface area contributed by atoms with Gasteiger partial charge in [0.2, 0.25) is 0 Å². The van der Waals surface area contributed by atoms with Gasteiger partial charge in [-0.2, -0.15) is 0 Å². The van der Waals surface area contributed by atoms with Crippen LogP contribution in [0.4, 0.5) is 0 Å². The molecule has 1 aromatic heterocycles. The predicted molar refractivity (Wildman–Crippen MR) is 66.3 cm³/mol. The van der Waals surface area contributed by atoms with Gasteiger partial charge in [0, 0.05) is 17.6 Å². The highest BCUT2D eigenvalue weighted by atomic mass is 32.1. The number of thiazole rings is 1. The number of nitrogens with one attached hydrogen (secondary N) is 2.